The van der Waals surface area contributed by atoms with Gasteiger partial charge < -0.3 is 9.84 Å². The van der Waals surface area contributed by atoms with E-state index in [0.29, 0.717) is 32.4 Å². The number of fused-ring (bicyclic) bond motifs is 1. The van der Waals surface area contributed by atoms with Crippen molar-refractivity contribution in [3.8, 4) is 0 Å². The second-order valence-corrected chi connectivity index (χ2v) is 7.68. The molecule has 0 saturated heterocycles. The lowest BCUT2D eigenvalue weighted by Crippen LogP contribution is -2.28. The molecule has 1 N–H and O–H groups in total. The minimum Gasteiger partial charge on any atom is -0.465 e. The quantitative estimate of drug-likeness (QED) is 0.375. The zero-order chi connectivity index (χ0) is 20.3. The van der Waals surface area contributed by atoms with Gasteiger partial charge in [0.2, 0.25) is 0 Å². The first kappa shape index (κ1) is 20.4. The molecule has 28 heavy (non-hydrogen) atoms. The molecule has 0 aliphatic rings. The highest BCUT2D eigenvalue weighted by Crippen LogP contribution is 2.24. The molecule has 0 fully saturated rings. The highest BCUT2D eigenvalue weighted by Gasteiger charge is 2.15. The number of thioether (sulfide) groups is 1. The molecule has 1 heterocycles. The van der Waals surface area contributed by atoms with Crippen LogP contribution in [0.1, 0.15) is 22.8 Å². The van der Waals surface area contributed by atoms with E-state index in [1.54, 1.807) is 25.1 Å². The van der Waals surface area contributed by atoms with E-state index in [4.69, 9.17) is 16.3 Å². The molecule has 0 bridgehead atoms. The van der Waals surface area contributed by atoms with Crippen LogP contribution in [-0.2, 0) is 17.0 Å². The monoisotopic (exact) mass is 418 g/mol. The van der Waals surface area contributed by atoms with Gasteiger partial charge in [-0.1, -0.05) is 35.5 Å². The van der Waals surface area contributed by atoms with Crippen molar-refractivity contribution in [1.29, 1.82) is 0 Å². The van der Waals surface area contributed by atoms with Crippen molar-refractivity contribution in [2.75, 3.05) is 7.11 Å². The first-order valence-corrected chi connectivity index (χ1v) is 9.93. The largest absolute Gasteiger partial charge is 0.465 e. The predicted molar refractivity (Wildman–Crippen MR) is 110 cm³/mol. The van der Waals surface area contributed by atoms with Gasteiger partial charge in [0.25, 0.3) is 5.56 Å². The normalized spacial score (nSPS) is 12.1. The van der Waals surface area contributed by atoms with Gasteiger partial charge in [-0.2, -0.15) is 0 Å². The molecule has 0 aliphatic heterocycles. The molecule has 0 unspecified atom stereocenters. The molecule has 146 valence electrons. The molecule has 0 radical (unpaired) electrons. The molecule has 2 aromatic carbocycles. The zero-order valence-electron chi connectivity index (χ0n) is 15.4. The zero-order valence-corrected chi connectivity index (χ0v) is 17.0. The lowest BCUT2D eigenvalue weighted by molar-refractivity contribution is 0.0601. The topological polar surface area (TPSA) is 81.4 Å². The fraction of sp³-hybridized carbons (Fsp3) is 0.250. The van der Waals surface area contributed by atoms with Gasteiger partial charge in [0.1, 0.15) is 0 Å². The van der Waals surface area contributed by atoms with Crippen LogP contribution in [0.2, 0.25) is 5.02 Å². The van der Waals surface area contributed by atoms with E-state index < -0.39 is 12.1 Å². The van der Waals surface area contributed by atoms with Gasteiger partial charge in [-0.3, -0.25) is 9.36 Å². The Morgan fingerprint density at radius 1 is 1.32 bits per heavy atom. The third-order valence-corrected chi connectivity index (χ3v) is 5.33. The molecule has 0 saturated carbocycles. The Morgan fingerprint density at radius 2 is 2.11 bits per heavy atom. The number of esters is 1. The summed E-state index contributed by atoms with van der Waals surface area (Å²) in [5, 5.41) is 11.3. The van der Waals surface area contributed by atoms with Crippen LogP contribution in [0.15, 0.2) is 52.4 Å². The molecule has 6 nitrogen and oxygen atoms in total. The molecule has 1 atom stereocenters. The molecule has 8 heteroatoms. The van der Waals surface area contributed by atoms with E-state index in [-0.39, 0.29) is 12.1 Å². The molecule has 0 aliphatic carbocycles. The van der Waals surface area contributed by atoms with Crippen molar-refractivity contribution >= 4 is 40.2 Å². The summed E-state index contributed by atoms with van der Waals surface area (Å²) in [6, 6.07) is 12.1. The fourth-order valence-corrected chi connectivity index (χ4v) is 3.92. The van der Waals surface area contributed by atoms with Crippen LogP contribution in [0.4, 0.5) is 0 Å². The van der Waals surface area contributed by atoms with Crippen molar-refractivity contribution < 1.29 is 14.6 Å². The first-order valence-electron chi connectivity index (χ1n) is 8.57. The second kappa shape index (κ2) is 8.77. The van der Waals surface area contributed by atoms with Crippen molar-refractivity contribution in [2.45, 2.75) is 30.5 Å². The molecular weight excluding hydrogens is 400 g/mol. The van der Waals surface area contributed by atoms with Crippen LogP contribution in [-0.4, -0.2) is 33.8 Å². The number of aliphatic hydroxyl groups is 1. The van der Waals surface area contributed by atoms with E-state index in [9.17, 15) is 14.7 Å². The maximum atomic E-state index is 13.0. The average Bonchev–Trinajstić information content (AvgIpc) is 2.67. The van der Waals surface area contributed by atoms with Crippen LogP contribution < -0.4 is 5.56 Å². The maximum Gasteiger partial charge on any atom is 0.337 e. The third-order valence-electron chi connectivity index (χ3n) is 4.05. The standard InChI is InChI=1S/C20H19ClN2O4S/c1-12(24)10-23-18(25)16-7-6-14(19(26)27-2)9-17(16)22-20(23)28-11-13-4-3-5-15(21)8-13/h3-9,12,24H,10-11H2,1-2H3/t12-/m1/s1. The summed E-state index contributed by atoms with van der Waals surface area (Å²) >= 11 is 7.40. The minimum atomic E-state index is -0.711. The van der Waals surface area contributed by atoms with Gasteiger partial charge in [0, 0.05) is 10.8 Å². The number of carbonyl (C=O) groups is 1. The lowest BCUT2D eigenvalue weighted by atomic mass is 10.1. The molecule has 1 aromatic heterocycles. The second-order valence-electron chi connectivity index (χ2n) is 6.30. The number of hydrogen-bond donors (Lipinski definition) is 1. The van der Waals surface area contributed by atoms with E-state index >= 15 is 0 Å². The maximum absolute atomic E-state index is 13.0. The molecule has 0 amide bonds. The van der Waals surface area contributed by atoms with Gasteiger partial charge in [-0.25, -0.2) is 9.78 Å². The van der Waals surface area contributed by atoms with Crippen molar-refractivity contribution in [3.63, 3.8) is 0 Å². The Morgan fingerprint density at radius 3 is 2.79 bits per heavy atom. The summed E-state index contributed by atoms with van der Waals surface area (Å²) in [6.45, 7) is 1.74. The molecule has 3 rings (SSSR count). The summed E-state index contributed by atoms with van der Waals surface area (Å²) < 4.78 is 6.20. The van der Waals surface area contributed by atoms with Gasteiger partial charge >= 0.3 is 5.97 Å². The van der Waals surface area contributed by atoms with E-state index in [1.807, 2.05) is 18.2 Å². The number of aromatic nitrogens is 2. The number of methoxy groups -OCH3 is 1. The third kappa shape index (κ3) is 4.55. The predicted octanol–water partition coefficient (Wildman–Crippen LogP) is 3.51. The average molecular weight is 419 g/mol. The van der Waals surface area contributed by atoms with Gasteiger partial charge in [0.05, 0.1) is 36.2 Å². The number of rotatable bonds is 6. The van der Waals surface area contributed by atoms with Crippen molar-refractivity contribution in [3.05, 3.63) is 69.0 Å². The van der Waals surface area contributed by atoms with Crippen molar-refractivity contribution in [2.24, 2.45) is 0 Å². The smallest absolute Gasteiger partial charge is 0.337 e. The Kier molecular flexibility index (Phi) is 6.39. The molecule has 0 spiro atoms. The summed E-state index contributed by atoms with van der Waals surface area (Å²) in [6.07, 6.45) is -0.711. The lowest BCUT2D eigenvalue weighted by Gasteiger charge is -2.15. The Hall–Kier alpha value is -2.35. The van der Waals surface area contributed by atoms with E-state index in [1.165, 1.54) is 29.5 Å². The van der Waals surface area contributed by atoms with Crippen molar-refractivity contribution in [1.82, 2.24) is 9.55 Å². The van der Waals surface area contributed by atoms with Crippen LogP contribution in [0, 0.1) is 0 Å². The number of benzene rings is 2. The summed E-state index contributed by atoms with van der Waals surface area (Å²) in [5.41, 5.74) is 1.44. The summed E-state index contributed by atoms with van der Waals surface area (Å²) in [5.74, 6) is 0.0552. The fourth-order valence-electron chi connectivity index (χ4n) is 2.76. The minimum absolute atomic E-state index is 0.123. The van der Waals surface area contributed by atoms with Gasteiger partial charge in [0.15, 0.2) is 5.16 Å². The van der Waals surface area contributed by atoms with Crippen LogP contribution in [0.3, 0.4) is 0 Å². The number of aliphatic hydroxyl groups excluding tert-OH is 1. The highest BCUT2D eigenvalue weighted by atomic mass is 35.5. The molecule has 3 aromatic rings. The van der Waals surface area contributed by atoms with Crippen LogP contribution in [0.25, 0.3) is 10.9 Å². The highest BCUT2D eigenvalue weighted by molar-refractivity contribution is 7.98. The number of carbonyl (C=O) groups excluding carboxylic acids is 1. The van der Waals surface area contributed by atoms with E-state index in [2.05, 4.69) is 4.98 Å². The summed E-state index contributed by atoms with van der Waals surface area (Å²) in [4.78, 5) is 29.3. The summed E-state index contributed by atoms with van der Waals surface area (Å²) in [7, 11) is 1.30. The van der Waals surface area contributed by atoms with Crippen LogP contribution in [0.5, 0.6) is 0 Å². The Balaban J connectivity index is 2.06. The Bertz CT molecular complexity index is 1080. The number of nitrogens with zero attached hydrogens (tertiary/aromatic N) is 2. The first-order chi connectivity index (χ1) is 13.4. The Labute approximate surface area is 171 Å². The molecular formula is C20H19ClN2O4S. The van der Waals surface area contributed by atoms with Gasteiger partial charge in [-0.05, 0) is 42.8 Å². The number of hydrogen-bond acceptors (Lipinski definition) is 6. The SMILES string of the molecule is COC(=O)c1ccc2c(=O)n(C[C@@H](C)O)c(SCc3cccc(Cl)c3)nc2c1. The van der Waals surface area contributed by atoms with E-state index in [0.717, 1.165) is 5.56 Å². The van der Waals surface area contributed by atoms with Gasteiger partial charge in [-0.15, -0.1) is 0 Å². The number of halogens is 1. The van der Waals surface area contributed by atoms with Crippen LogP contribution >= 0.6 is 23.4 Å². The number of ether oxygens (including phenoxy) is 1.